The standard InChI is InChI=1S/C27H20N2O4S/c1-34(31,32)23-17-13-20(14-18-23)29-27(30)25-10-6-5-9-24(25)26(28-29)19-11-15-22(16-12-19)33-21-7-3-2-4-8-21/h2-18H,1H3. The van der Waals surface area contributed by atoms with Gasteiger partial charge < -0.3 is 4.74 Å². The molecule has 4 aromatic carbocycles. The summed E-state index contributed by atoms with van der Waals surface area (Å²) in [4.78, 5) is 13.4. The Morgan fingerprint density at radius 2 is 1.29 bits per heavy atom. The van der Waals surface area contributed by atoms with E-state index < -0.39 is 9.84 Å². The van der Waals surface area contributed by atoms with Crippen molar-refractivity contribution in [2.24, 2.45) is 0 Å². The Morgan fingerprint density at radius 1 is 0.706 bits per heavy atom. The zero-order chi connectivity index (χ0) is 23.7. The number of para-hydroxylation sites is 1. The summed E-state index contributed by atoms with van der Waals surface area (Å²) >= 11 is 0. The maximum absolute atomic E-state index is 13.2. The van der Waals surface area contributed by atoms with E-state index in [2.05, 4.69) is 5.10 Å². The van der Waals surface area contributed by atoms with E-state index in [-0.39, 0.29) is 10.5 Å². The van der Waals surface area contributed by atoms with Crippen LogP contribution in [0.25, 0.3) is 27.7 Å². The third-order valence-corrected chi connectivity index (χ3v) is 6.55. The van der Waals surface area contributed by atoms with Crippen LogP contribution in [0.15, 0.2) is 113 Å². The van der Waals surface area contributed by atoms with E-state index >= 15 is 0 Å². The molecule has 0 spiro atoms. The van der Waals surface area contributed by atoms with E-state index in [1.807, 2.05) is 66.7 Å². The van der Waals surface area contributed by atoms with E-state index in [0.29, 0.717) is 22.5 Å². The summed E-state index contributed by atoms with van der Waals surface area (Å²) in [5.74, 6) is 1.42. The smallest absolute Gasteiger partial charge is 0.279 e. The molecule has 0 aliphatic heterocycles. The summed E-state index contributed by atoms with van der Waals surface area (Å²) in [6.07, 6.45) is 1.14. The molecule has 7 heteroatoms. The predicted molar refractivity (Wildman–Crippen MR) is 132 cm³/mol. The fraction of sp³-hybridized carbons (Fsp3) is 0.0370. The molecule has 5 aromatic rings. The Bertz CT molecular complexity index is 1640. The van der Waals surface area contributed by atoms with Gasteiger partial charge in [-0.05, 0) is 66.7 Å². The molecule has 0 saturated carbocycles. The van der Waals surface area contributed by atoms with Gasteiger partial charge in [0.2, 0.25) is 0 Å². The molecule has 0 saturated heterocycles. The first-order valence-electron chi connectivity index (χ1n) is 10.6. The first-order valence-corrected chi connectivity index (χ1v) is 12.5. The summed E-state index contributed by atoms with van der Waals surface area (Å²) in [5.41, 5.74) is 1.65. The molecule has 0 N–H and O–H groups in total. The summed E-state index contributed by atoms with van der Waals surface area (Å²) in [6, 6.07) is 30.4. The maximum atomic E-state index is 13.2. The largest absolute Gasteiger partial charge is 0.457 e. The van der Waals surface area contributed by atoms with Crippen LogP contribution in [0.3, 0.4) is 0 Å². The summed E-state index contributed by atoms with van der Waals surface area (Å²) in [7, 11) is -3.34. The molecule has 6 nitrogen and oxygen atoms in total. The lowest BCUT2D eigenvalue weighted by molar-refractivity contribution is 0.483. The average Bonchev–Trinajstić information content (AvgIpc) is 2.85. The normalized spacial score (nSPS) is 11.4. The lowest BCUT2D eigenvalue weighted by atomic mass is 10.0. The van der Waals surface area contributed by atoms with Gasteiger partial charge in [0.1, 0.15) is 11.5 Å². The Hall–Kier alpha value is -4.23. The number of hydrogen-bond donors (Lipinski definition) is 0. The molecule has 0 aliphatic rings. The van der Waals surface area contributed by atoms with Gasteiger partial charge in [0.15, 0.2) is 9.84 Å². The van der Waals surface area contributed by atoms with Gasteiger partial charge in [-0.25, -0.2) is 8.42 Å². The van der Waals surface area contributed by atoms with E-state index in [0.717, 1.165) is 23.0 Å². The Morgan fingerprint density at radius 3 is 1.94 bits per heavy atom. The minimum Gasteiger partial charge on any atom is -0.457 e. The lowest BCUT2D eigenvalue weighted by Crippen LogP contribution is -2.22. The molecule has 0 amide bonds. The van der Waals surface area contributed by atoms with Crippen molar-refractivity contribution in [3.8, 4) is 28.4 Å². The zero-order valence-electron chi connectivity index (χ0n) is 18.3. The third-order valence-electron chi connectivity index (χ3n) is 5.42. The number of sulfone groups is 1. The third kappa shape index (κ3) is 4.21. The van der Waals surface area contributed by atoms with Crippen molar-refractivity contribution in [3.05, 3.63) is 113 Å². The number of aromatic nitrogens is 2. The van der Waals surface area contributed by atoms with Crippen molar-refractivity contribution in [1.29, 1.82) is 0 Å². The van der Waals surface area contributed by atoms with Crippen LogP contribution in [0.2, 0.25) is 0 Å². The highest BCUT2D eigenvalue weighted by Crippen LogP contribution is 2.29. The van der Waals surface area contributed by atoms with Crippen LogP contribution in [-0.2, 0) is 9.84 Å². The second kappa shape index (κ2) is 8.61. The molecule has 34 heavy (non-hydrogen) atoms. The highest BCUT2D eigenvalue weighted by Gasteiger charge is 2.14. The molecule has 5 rings (SSSR count). The molecule has 1 aromatic heterocycles. The van der Waals surface area contributed by atoms with E-state index in [4.69, 9.17) is 4.74 Å². The molecule has 1 heterocycles. The lowest BCUT2D eigenvalue weighted by Gasteiger charge is -2.12. The van der Waals surface area contributed by atoms with Crippen LogP contribution in [0.5, 0.6) is 11.5 Å². The number of rotatable bonds is 5. The van der Waals surface area contributed by atoms with Crippen molar-refractivity contribution in [1.82, 2.24) is 9.78 Å². The highest BCUT2D eigenvalue weighted by atomic mass is 32.2. The van der Waals surface area contributed by atoms with Crippen LogP contribution in [0, 0.1) is 0 Å². The summed E-state index contributed by atoms with van der Waals surface area (Å²) in [6.45, 7) is 0. The number of ether oxygens (including phenoxy) is 1. The molecule has 0 radical (unpaired) electrons. The summed E-state index contributed by atoms with van der Waals surface area (Å²) < 4.78 is 30.8. The van der Waals surface area contributed by atoms with Crippen LogP contribution in [0.1, 0.15) is 0 Å². The molecule has 0 atom stereocenters. The zero-order valence-corrected chi connectivity index (χ0v) is 19.1. The number of hydrogen-bond acceptors (Lipinski definition) is 5. The fourth-order valence-corrected chi connectivity index (χ4v) is 4.35. The molecule has 0 aliphatic carbocycles. The van der Waals surface area contributed by atoms with Crippen LogP contribution in [0.4, 0.5) is 0 Å². The SMILES string of the molecule is CS(=O)(=O)c1ccc(-n2nc(-c3ccc(Oc4ccccc4)cc3)c3ccccc3c2=O)cc1. The maximum Gasteiger partial charge on any atom is 0.279 e. The van der Waals surface area contributed by atoms with Crippen molar-refractivity contribution in [2.75, 3.05) is 6.26 Å². The fourth-order valence-electron chi connectivity index (χ4n) is 3.72. The van der Waals surface area contributed by atoms with Gasteiger partial charge in [-0.3, -0.25) is 4.79 Å². The van der Waals surface area contributed by atoms with Crippen LogP contribution in [-0.4, -0.2) is 24.5 Å². The first-order chi connectivity index (χ1) is 16.4. The molecular formula is C27H20N2O4S. The van der Waals surface area contributed by atoms with Gasteiger partial charge in [0.05, 0.1) is 21.7 Å². The number of fused-ring (bicyclic) bond motifs is 1. The highest BCUT2D eigenvalue weighted by molar-refractivity contribution is 7.90. The van der Waals surface area contributed by atoms with Crippen LogP contribution >= 0.6 is 0 Å². The van der Waals surface area contributed by atoms with Crippen LogP contribution < -0.4 is 10.3 Å². The van der Waals surface area contributed by atoms with Gasteiger partial charge in [0, 0.05) is 17.2 Å². The van der Waals surface area contributed by atoms with E-state index in [1.54, 1.807) is 24.3 Å². The predicted octanol–water partition coefficient (Wildman–Crippen LogP) is 5.25. The molecule has 0 unspecified atom stereocenters. The quantitative estimate of drug-likeness (QED) is 0.352. The minimum atomic E-state index is -3.34. The van der Waals surface area contributed by atoms with Gasteiger partial charge in [-0.1, -0.05) is 36.4 Å². The Labute approximate surface area is 196 Å². The van der Waals surface area contributed by atoms with E-state index in [9.17, 15) is 13.2 Å². The van der Waals surface area contributed by atoms with Gasteiger partial charge in [-0.2, -0.15) is 9.78 Å². The second-order valence-electron chi connectivity index (χ2n) is 7.82. The minimum absolute atomic E-state index is 0.180. The summed E-state index contributed by atoms with van der Waals surface area (Å²) in [5, 5.41) is 5.91. The molecule has 0 fully saturated rings. The van der Waals surface area contributed by atoms with Gasteiger partial charge in [0.25, 0.3) is 5.56 Å². The monoisotopic (exact) mass is 468 g/mol. The van der Waals surface area contributed by atoms with Crippen molar-refractivity contribution in [2.45, 2.75) is 4.90 Å². The Kier molecular flexibility index (Phi) is 5.47. The molecular weight excluding hydrogens is 448 g/mol. The number of nitrogens with zero attached hydrogens (tertiary/aromatic N) is 2. The number of benzene rings is 4. The van der Waals surface area contributed by atoms with Crippen molar-refractivity contribution < 1.29 is 13.2 Å². The van der Waals surface area contributed by atoms with E-state index in [1.165, 1.54) is 16.8 Å². The molecule has 168 valence electrons. The molecule has 0 bridgehead atoms. The van der Waals surface area contributed by atoms with Gasteiger partial charge in [-0.15, -0.1) is 0 Å². The second-order valence-corrected chi connectivity index (χ2v) is 9.83. The Balaban J connectivity index is 1.60. The van der Waals surface area contributed by atoms with Crippen molar-refractivity contribution >= 4 is 20.6 Å². The average molecular weight is 469 g/mol. The first kappa shape index (κ1) is 21.6. The van der Waals surface area contributed by atoms with Gasteiger partial charge >= 0.3 is 0 Å². The van der Waals surface area contributed by atoms with Crippen molar-refractivity contribution in [3.63, 3.8) is 0 Å². The topological polar surface area (TPSA) is 78.3 Å².